The van der Waals surface area contributed by atoms with Gasteiger partial charge in [0.2, 0.25) is 11.0 Å². The van der Waals surface area contributed by atoms with Crippen molar-refractivity contribution in [3.63, 3.8) is 0 Å². The number of nitrogens with one attached hydrogen (secondary N) is 1. The number of carbonyl (C=O) groups is 1. The normalized spacial score (nSPS) is 10.7. The number of rotatable bonds is 4. The molecule has 0 bridgehead atoms. The Balaban J connectivity index is 1.67. The molecule has 2 heterocycles. The average Bonchev–Trinajstić information content (AvgIpc) is 2.90. The largest absolute Gasteiger partial charge is 0.300 e. The molecular weight excluding hydrogens is 306 g/mol. The van der Waals surface area contributed by atoms with E-state index in [1.54, 1.807) is 0 Å². The van der Waals surface area contributed by atoms with Gasteiger partial charge >= 0.3 is 0 Å². The van der Waals surface area contributed by atoms with Gasteiger partial charge in [0.15, 0.2) is 0 Å². The number of thioether (sulfide) groups is 1. The number of hydrogen-bond acceptors (Lipinski definition) is 7. The third-order valence-corrected chi connectivity index (χ3v) is 4.38. The van der Waals surface area contributed by atoms with Crippen molar-refractivity contribution in [1.82, 2.24) is 20.2 Å². The predicted octanol–water partition coefficient (Wildman–Crippen LogP) is 2.52. The minimum Gasteiger partial charge on any atom is -0.300 e. The molecule has 0 radical (unpaired) electrons. The van der Waals surface area contributed by atoms with E-state index in [2.05, 4.69) is 25.5 Å². The first kappa shape index (κ1) is 13.9. The van der Waals surface area contributed by atoms with Gasteiger partial charge in [0.25, 0.3) is 0 Å². The highest BCUT2D eigenvalue weighted by atomic mass is 32.2. The number of carbonyl (C=O) groups excluding carboxylic acids is 1. The van der Waals surface area contributed by atoms with Crippen LogP contribution in [0.25, 0.3) is 10.9 Å². The minimum absolute atomic E-state index is 0.126. The van der Waals surface area contributed by atoms with E-state index < -0.39 is 0 Å². The summed E-state index contributed by atoms with van der Waals surface area (Å²) in [6.07, 6.45) is 1.51. The summed E-state index contributed by atoms with van der Waals surface area (Å²) in [5.41, 5.74) is 0.871. The van der Waals surface area contributed by atoms with Crippen molar-refractivity contribution in [1.29, 1.82) is 0 Å². The summed E-state index contributed by atoms with van der Waals surface area (Å²) in [5, 5.41) is 13.5. The van der Waals surface area contributed by atoms with Gasteiger partial charge in [-0.3, -0.25) is 10.1 Å². The van der Waals surface area contributed by atoms with Gasteiger partial charge in [0, 0.05) is 5.39 Å². The molecule has 0 atom stereocenters. The van der Waals surface area contributed by atoms with E-state index in [4.69, 9.17) is 0 Å². The SMILES string of the molecule is Cc1nnc(NC(=O)CSc2ncnc3ccccc23)s1. The molecule has 0 unspecified atom stereocenters. The lowest BCUT2D eigenvalue weighted by molar-refractivity contribution is -0.113. The quantitative estimate of drug-likeness (QED) is 0.588. The second-order valence-electron chi connectivity index (χ2n) is 4.16. The number of fused-ring (bicyclic) bond motifs is 1. The van der Waals surface area contributed by atoms with Crippen molar-refractivity contribution in [2.75, 3.05) is 11.1 Å². The fourth-order valence-corrected chi connectivity index (χ4v) is 3.13. The molecule has 1 aromatic carbocycles. The molecule has 2 aromatic heterocycles. The second-order valence-corrected chi connectivity index (χ2v) is 6.30. The van der Waals surface area contributed by atoms with E-state index in [1.165, 1.54) is 29.4 Å². The molecule has 6 nitrogen and oxygen atoms in total. The lowest BCUT2D eigenvalue weighted by atomic mass is 10.2. The summed E-state index contributed by atoms with van der Waals surface area (Å²) in [5.74, 6) is 0.137. The van der Waals surface area contributed by atoms with Crippen molar-refractivity contribution in [2.24, 2.45) is 0 Å². The van der Waals surface area contributed by atoms with E-state index in [1.807, 2.05) is 31.2 Å². The van der Waals surface area contributed by atoms with Crippen LogP contribution in [0.4, 0.5) is 5.13 Å². The molecule has 1 N–H and O–H groups in total. The first-order chi connectivity index (χ1) is 10.2. The summed E-state index contributed by atoms with van der Waals surface area (Å²) in [6.45, 7) is 1.84. The molecular formula is C13H11N5OS2. The summed E-state index contributed by atoms with van der Waals surface area (Å²) in [4.78, 5) is 20.3. The number of aryl methyl sites for hydroxylation is 1. The zero-order valence-electron chi connectivity index (χ0n) is 11.1. The number of para-hydroxylation sites is 1. The Morgan fingerprint density at radius 3 is 2.95 bits per heavy atom. The van der Waals surface area contributed by atoms with Crippen molar-refractivity contribution in [3.8, 4) is 0 Å². The van der Waals surface area contributed by atoms with Gasteiger partial charge in [0.05, 0.1) is 11.3 Å². The van der Waals surface area contributed by atoms with Gasteiger partial charge in [-0.05, 0) is 13.0 Å². The van der Waals surface area contributed by atoms with Crippen LogP contribution in [0.2, 0.25) is 0 Å². The maximum Gasteiger partial charge on any atom is 0.236 e. The zero-order chi connectivity index (χ0) is 14.7. The maximum atomic E-state index is 11.9. The van der Waals surface area contributed by atoms with Crippen LogP contribution in [0.5, 0.6) is 0 Å². The second kappa shape index (κ2) is 6.15. The Morgan fingerprint density at radius 2 is 2.14 bits per heavy atom. The summed E-state index contributed by atoms with van der Waals surface area (Å²) in [6, 6.07) is 7.73. The smallest absolute Gasteiger partial charge is 0.236 e. The molecule has 0 aliphatic heterocycles. The first-order valence-electron chi connectivity index (χ1n) is 6.15. The zero-order valence-corrected chi connectivity index (χ0v) is 12.7. The molecule has 0 aliphatic carbocycles. The monoisotopic (exact) mass is 317 g/mol. The molecule has 3 aromatic rings. The Labute approximate surface area is 129 Å². The molecule has 3 rings (SSSR count). The van der Waals surface area contributed by atoms with Crippen molar-refractivity contribution in [2.45, 2.75) is 11.9 Å². The van der Waals surface area contributed by atoms with Crippen LogP contribution in [-0.4, -0.2) is 31.8 Å². The van der Waals surface area contributed by atoms with E-state index in [0.29, 0.717) is 5.13 Å². The highest BCUT2D eigenvalue weighted by molar-refractivity contribution is 8.00. The fourth-order valence-electron chi connectivity index (χ4n) is 1.73. The van der Waals surface area contributed by atoms with Crippen LogP contribution in [-0.2, 0) is 4.79 Å². The Morgan fingerprint density at radius 1 is 1.29 bits per heavy atom. The third kappa shape index (κ3) is 3.34. The highest BCUT2D eigenvalue weighted by Gasteiger charge is 2.09. The minimum atomic E-state index is -0.126. The molecule has 1 amide bonds. The molecule has 0 fully saturated rings. The molecule has 106 valence electrons. The molecule has 8 heteroatoms. The van der Waals surface area contributed by atoms with Crippen molar-refractivity contribution >= 4 is 45.0 Å². The fraction of sp³-hybridized carbons (Fsp3) is 0.154. The number of amides is 1. The van der Waals surface area contributed by atoms with Crippen LogP contribution in [0.3, 0.4) is 0 Å². The average molecular weight is 317 g/mol. The van der Waals surface area contributed by atoms with Gasteiger partial charge < -0.3 is 0 Å². The summed E-state index contributed by atoms with van der Waals surface area (Å²) < 4.78 is 0. The van der Waals surface area contributed by atoms with Crippen molar-refractivity contribution in [3.05, 3.63) is 35.6 Å². The molecule has 0 saturated heterocycles. The first-order valence-corrected chi connectivity index (χ1v) is 7.95. The van der Waals surface area contributed by atoms with Crippen LogP contribution in [0.1, 0.15) is 5.01 Å². The number of anilines is 1. The van der Waals surface area contributed by atoms with E-state index >= 15 is 0 Å². The Kier molecular flexibility index (Phi) is 4.07. The Hall–Kier alpha value is -2.06. The molecule has 0 saturated carbocycles. The van der Waals surface area contributed by atoms with Gasteiger partial charge in [-0.15, -0.1) is 10.2 Å². The van der Waals surface area contributed by atoms with E-state index in [9.17, 15) is 4.79 Å². The number of hydrogen-bond donors (Lipinski definition) is 1. The van der Waals surface area contributed by atoms with Gasteiger partial charge in [-0.2, -0.15) is 0 Å². The third-order valence-electron chi connectivity index (χ3n) is 2.62. The maximum absolute atomic E-state index is 11.9. The topological polar surface area (TPSA) is 80.7 Å². The predicted molar refractivity (Wildman–Crippen MR) is 83.5 cm³/mol. The molecule has 0 aliphatic rings. The highest BCUT2D eigenvalue weighted by Crippen LogP contribution is 2.24. The lowest BCUT2D eigenvalue weighted by Crippen LogP contribution is -2.14. The van der Waals surface area contributed by atoms with Crippen LogP contribution < -0.4 is 5.32 Å². The van der Waals surface area contributed by atoms with Gasteiger partial charge in [-0.25, -0.2) is 9.97 Å². The molecule has 21 heavy (non-hydrogen) atoms. The lowest BCUT2D eigenvalue weighted by Gasteiger charge is -2.04. The Bertz CT molecular complexity index is 784. The summed E-state index contributed by atoms with van der Waals surface area (Å²) >= 11 is 2.73. The van der Waals surface area contributed by atoms with E-state index in [-0.39, 0.29) is 11.7 Å². The van der Waals surface area contributed by atoms with E-state index in [0.717, 1.165) is 20.9 Å². The molecule has 0 spiro atoms. The number of aromatic nitrogens is 4. The van der Waals surface area contributed by atoms with Crippen LogP contribution >= 0.6 is 23.1 Å². The van der Waals surface area contributed by atoms with Crippen LogP contribution in [0, 0.1) is 6.92 Å². The van der Waals surface area contributed by atoms with Gasteiger partial charge in [-0.1, -0.05) is 41.3 Å². The van der Waals surface area contributed by atoms with Crippen LogP contribution in [0.15, 0.2) is 35.6 Å². The van der Waals surface area contributed by atoms with Gasteiger partial charge in [0.1, 0.15) is 16.4 Å². The number of benzene rings is 1. The number of nitrogens with zero attached hydrogens (tertiary/aromatic N) is 4. The summed E-state index contributed by atoms with van der Waals surface area (Å²) in [7, 11) is 0. The standard InChI is InChI=1S/C13H11N5OS2/c1-8-17-18-13(21-8)16-11(19)6-20-12-9-4-2-3-5-10(9)14-7-15-12/h2-5,7H,6H2,1H3,(H,16,18,19). The van der Waals surface area contributed by atoms with Crippen molar-refractivity contribution < 1.29 is 4.79 Å².